The number of halogens is 4. The van der Waals surface area contributed by atoms with Crippen LogP contribution in [-0.4, -0.2) is 22.5 Å². The van der Waals surface area contributed by atoms with Crippen LogP contribution in [0.2, 0.25) is 0 Å². The lowest BCUT2D eigenvalue weighted by Crippen LogP contribution is -2.38. The summed E-state index contributed by atoms with van der Waals surface area (Å²) >= 11 is 5.98. The van der Waals surface area contributed by atoms with Gasteiger partial charge >= 0.3 is 6.61 Å². The molecule has 2 aromatic carbocycles. The van der Waals surface area contributed by atoms with Crippen LogP contribution in [0.1, 0.15) is 11.1 Å². The Kier molecular flexibility index (Phi) is 8.29. The number of nitrogens with one attached hydrogen (secondary N) is 1. The number of aliphatic hydroxyl groups is 1. The molecule has 0 radical (unpaired) electrons. The molecule has 0 aliphatic rings. The molecule has 172 valence electrons. The maximum Gasteiger partial charge on any atom is 0.387 e. The highest BCUT2D eigenvalue weighted by atomic mass is 32.2. The Morgan fingerprint density at radius 3 is 2.27 bits per heavy atom. The summed E-state index contributed by atoms with van der Waals surface area (Å²) in [5.74, 6) is -2.77. The van der Waals surface area contributed by atoms with E-state index in [1.54, 1.807) is 35.2 Å². The average Bonchev–Trinajstić information content (AvgIpc) is 2.75. The van der Waals surface area contributed by atoms with Gasteiger partial charge in [-0.2, -0.15) is 22.1 Å². The lowest BCUT2D eigenvalue weighted by Gasteiger charge is -2.11. The minimum Gasteiger partial charge on any atom is -0.502 e. The van der Waals surface area contributed by atoms with Gasteiger partial charge in [-0.1, -0.05) is 24.0 Å². The number of thioether (sulfide) groups is 1. The third-order valence-corrected chi connectivity index (χ3v) is 5.35. The summed E-state index contributed by atoms with van der Waals surface area (Å²) in [6, 6.07) is 15.4. The maximum absolute atomic E-state index is 12.5. The summed E-state index contributed by atoms with van der Waals surface area (Å²) in [5, 5.41) is 14.0. The topological polar surface area (TPSA) is 45.4 Å². The minimum absolute atomic E-state index is 0.0474. The average molecular weight is 496 g/mol. The predicted molar refractivity (Wildman–Crippen MR) is 125 cm³/mol. The molecule has 33 heavy (non-hydrogen) atoms. The SMILES string of the molecule is Cc1ccc[n+](/C(C(=S)Nc2ccc(SC(F)F)cc2)=C(\O)c2ccc(OC(F)F)cc2)c1. The van der Waals surface area contributed by atoms with E-state index in [9.17, 15) is 22.7 Å². The summed E-state index contributed by atoms with van der Waals surface area (Å²) < 4.78 is 55.9. The Hall–Kier alpha value is -3.11. The Morgan fingerprint density at radius 2 is 1.70 bits per heavy atom. The van der Waals surface area contributed by atoms with Gasteiger partial charge in [0, 0.05) is 27.8 Å². The van der Waals surface area contributed by atoms with Gasteiger partial charge in [0.05, 0.1) is 0 Å². The van der Waals surface area contributed by atoms with Crippen molar-refractivity contribution in [2.24, 2.45) is 0 Å². The zero-order chi connectivity index (χ0) is 24.0. The first kappa shape index (κ1) is 24.5. The lowest BCUT2D eigenvalue weighted by atomic mass is 10.1. The number of aromatic nitrogens is 1. The van der Waals surface area contributed by atoms with E-state index in [0.29, 0.717) is 27.9 Å². The van der Waals surface area contributed by atoms with E-state index in [1.807, 2.05) is 13.0 Å². The molecule has 2 N–H and O–H groups in total. The molecule has 3 aromatic rings. The van der Waals surface area contributed by atoms with E-state index in [4.69, 9.17) is 12.2 Å². The number of alkyl halides is 4. The smallest absolute Gasteiger partial charge is 0.387 e. The van der Waals surface area contributed by atoms with Crippen LogP contribution < -0.4 is 14.6 Å². The van der Waals surface area contributed by atoms with Crippen molar-refractivity contribution in [1.29, 1.82) is 0 Å². The van der Waals surface area contributed by atoms with Gasteiger partial charge in [-0.3, -0.25) is 0 Å². The fourth-order valence-corrected chi connectivity index (χ4v) is 3.74. The normalized spacial score (nSPS) is 12.0. The second kappa shape index (κ2) is 11.2. The molecule has 0 saturated carbocycles. The van der Waals surface area contributed by atoms with Crippen LogP contribution in [-0.2, 0) is 0 Å². The molecule has 0 unspecified atom stereocenters. The number of ether oxygens (including phenoxy) is 1. The minimum atomic E-state index is -2.96. The molecule has 0 aliphatic carbocycles. The van der Waals surface area contributed by atoms with Gasteiger partial charge in [0.25, 0.3) is 11.5 Å². The number of hydrogen-bond donors (Lipinski definition) is 2. The summed E-state index contributed by atoms with van der Waals surface area (Å²) in [4.78, 5) is 0.560. The van der Waals surface area contributed by atoms with Crippen molar-refractivity contribution >= 4 is 46.1 Å². The van der Waals surface area contributed by atoms with Crippen LogP contribution >= 0.6 is 24.0 Å². The van der Waals surface area contributed by atoms with E-state index < -0.39 is 12.4 Å². The molecule has 1 heterocycles. The standard InChI is InChI=1S/C23H18F4N2O2S2/c1-14-3-2-12-29(13-14)19(20(30)15-4-8-17(9-5-15)31-22(24)25)21(32)28-16-6-10-18(11-7-16)33-23(26)27/h2-13,22-23H,1H3,(H-,28,30,32)/p+1. The summed E-state index contributed by atoms with van der Waals surface area (Å²) in [5.41, 5.74) is 2.01. The number of nitrogens with zero attached hydrogens (tertiary/aromatic N) is 1. The van der Waals surface area contributed by atoms with Crippen molar-refractivity contribution in [3.8, 4) is 5.75 Å². The number of benzene rings is 2. The van der Waals surface area contributed by atoms with Gasteiger partial charge in [-0.25, -0.2) is 0 Å². The number of aryl methyl sites for hydroxylation is 1. The van der Waals surface area contributed by atoms with Crippen molar-refractivity contribution in [3.63, 3.8) is 0 Å². The molecule has 4 nitrogen and oxygen atoms in total. The first-order valence-corrected chi connectivity index (χ1v) is 10.8. The van der Waals surface area contributed by atoms with Gasteiger partial charge in [-0.05, 0) is 61.5 Å². The van der Waals surface area contributed by atoms with Gasteiger partial charge < -0.3 is 15.2 Å². The number of anilines is 1. The van der Waals surface area contributed by atoms with Crippen LogP contribution in [0.25, 0.3) is 11.5 Å². The van der Waals surface area contributed by atoms with Crippen molar-refractivity contribution in [2.75, 3.05) is 5.32 Å². The highest BCUT2D eigenvalue weighted by Crippen LogP contribution is 2.27. The molecule has 0 spiro atoms. The molecule has 1 aromatic heterocycles. The van der Waals surface area contributed by atoms with E-state index in [-0.39, 0.29) is 22.2 Å². The van der Waals surface area contributed by atoms with Crippen LogP contribution in [0.5, 0.6) is 5.75 Å². The summed E-state index contributed by atoms with van der Waals surface area (Å²) in [6.45, 7) is -1.09. The highest BCUT2D eigenvalue weighted by molar-refractivity contribution is 7.99. The van der Waals surface area contributed by atoms with Crippen LogP contribution in [0.3, 0.4) is 0 Å². The second-order valence-corrected chi connectivity index (χ2v) is 8.22. The quantitative estimate of drug-likeness (QED) is 0.0930. The lowest BCUT2D eigenvalue weighted by molar-refractivity contribution is -0.576. The molecule has 0 saturated heterocycles. The summed E-state index contributed by atoms with van der Waals surface area (Å²) in [7, 11) is 0. The zero-order valence-electron chi connectivity index (χ0n) is 17.2. The van der Waals surface area contributed by atoms with Crippen molar-refractivity contribution in [3.05, 3.63) is 84.2 Å². The van der Waals surface area contributed by atoms with Gasteiger partial charge in [0.15, 0.2) is 23.1 Å². The van der Waals surface area contributed by atoms with Crippen LogP contribution in [0, 0.1) is 6.92 Å². The first-order chi connectivity index (χ1) is 15.7. The Labute approximate surface area is 197 Å². The molecule has 3 rings (SSSR count). The fraction of sp³-hybridized carbons (Fsp3) is 0.130. The molecule has 0 amide bonds. The molecule has 0 atom stereocenters. The third kappa shape index (κ3) is 6.93. The van der Waals surface area contributed by atoms with E-state index in [0.717, 1.165) is 5.56 Å². The van der Waals surface area contributed by atoms with Crippen LogP contribution in [0.15, 0.2) is 78.0 Å². The van der Waals surface area contributed by atoms with Gasteiger partial charge in [-0.15, -0.1) is 0 Å². The second-order valence-electron chi connectivity index (χ2n) is 6.75. The zero-order valence-corrected chi connectivity index (χ0v) is 18.8. The number of hydrogen-bond acceptors (Lipinski definition) is 4. The fourth-order valence-electron chi connectivity index (χ4n) is 2.92. The number of thiocarbonyl (C=S) groups is 1. The van der Waals surface area contributed by atoms with Crippen molar-refractivity contribution in [2.45, 2.75) is 24.2 Å². The Morgan fingerprint density at radius 1 is 1.03 bits per heavy atom. The van der Waals surface area contributed by atoms with E-state index in [1.165, 1.54) is 36.4 Å². The molecule has 10 heteroatoms. The van der Waals surface area contributed by atoms with E-state index >= 15 is 0 Å². The molecule has 0 aliphatic heterocycles. The summed E-state index contributed by atoms with van der Waals surface area (Å²) in [6.07, 6.45) is 3.46. The molecular formula is C23H19F4N2O2S2+. The maximum atomic E-state index is 12.5. The predicted octanol–water partition coefficient (Wildman–Crippen LogP) is 6.52. The van der Waals surface area contributed by atoms with Gasteiger partial charge in [0.1, 0.15) is 5.75 Å². The molecule has 0 bridgehead atoms. The van der Waals surface area contributed by atoms with Crippen LogP contribution in [0.4, 0.5) is 23.2 Å². The first-order valence-electron chi connectivity index (χ1n) is 9.56. The highest BCUT2D eigenvalue weighted by Gasteiger charge is 2.24. The molecule has 0 fully saturated rings. The molecular weight excluding hydrogens is 476 g/mol. The largest absolute Gasteiger partial charge is 0.502 e. The third-order valence-electron chi connectivity index (χ3n) is 4.34. The van der Waals surface area contributed by atoms with Gasteiger partial charge in [0.2, 0.25) is 0 Å². The van der Waals surface area contributed by atoms with Crippen molar-refractivity contribution < 1.29 is 32.0 Å². The monoisotopic (exact) mass is 495 g/mol. The van der Waals surface area contributed by atoms with Crippen molar-refractivity contribution in [1.82, 2.24) is 0 Å². The number of aliphatic hydroxyl groups excluding tert-OH is 1. The van der Waals surface area contributed by atoms with E-state index in [2.05, 4.69) is 10.1 Å². The Bertz CT molecular complexity index is 1140. The Balaban J connectivity index is 1.95. The number of pyridine rings is 1. The number of rotatable bonds is 8.